The van der Waals surface area contributed by atoms with E-state index in [4.69, 9.17) is 23.7 Å². The maximum Gasteiger partial charge on any atom is 0.331 e. The van der Waals surface area contributed by atoms with Crippen LogP contribution in [0, 0.1) is 27.9 Å². The number of aromatic nitrogens is 1. The molecule has 2 aliphatic heterocycles. The number of nitrogens with one attached hydrogen (secondary N) is 1. The van der Waals surface area contributed by atoms with Crippen LogP contribution in [0.1, 0.15) is 35.7 Å². The van der Waals surface area contributed by atoms with Gasteiger partial charge in [-0.05, 0) is 72.6 Å². The number of carbonyl (C=O) groups excluding carboxylic acids is 2. The van der Waals surface area contributed by atoms with E-state index in [1.165, 1.54) is 68.3 Å². The summed E-state index contributed by atoms with van der Waals surface area (Å²) in [5, 5.41) is 12.4. The van der Waals surface area contributed by atoms with Gasteiger partial charge in [0.15, 0.2) is 5.75 Å². The quantitative estimate of drug-likeness (QED) is 0.166. The first kappa shape index (κ1) is 30.6. The van der Waals surface area contributed by atoms with Crippen LogP contribution in [-0.4, -0.2) is 80.5 Å². The molecule has 238 valence electrons. The topological polar surface area (TPSA) is 142 Å². The van der Waals surface area contributed by atoms with E-state index in [2.05, 4.69) is 16.0 Å². The van der Waals surface area contributed by atoms with Crippen LogP contribution < -0.4 is 9.47 Å². The van der Waals surface area contributed by atoms with Crippen molar-refractivity contribution in [3.05, 3.63) is 69.4 Å². The normalized spacial score (nSPS) is 26.0. The molecule has 6 atom stereocenters. The summed E-state index contributed by atoms with van der Waals surface area (Å²) in [6, 6.07) is 10.5. The van der Waals surface area contributed by atoms with Crippen LogP contribution in [0.25, 0.3) is 17.0 Å². The highest BCUT2D eigenvalue weighted by atomic mass is 16.6. The average Bonchev–Trinajstić information content (AvgIpc) is 3.43. The number of methoxy groups -OCH3 is 4. The smallest absolute Gasteiger partial charge is 0.331 e. The highest BCUT2D eigenvalue weighted by molar-refractivity contribution is 5.88. The Balaban J connectivity index is 1.23. The molecule has 1 aliphatic carbocycles. The van der Waals surface area contributed by atoms with Crippen molar-refractivity contribution in [1.29, 1.82) is 0 Å². The Morgan fingerprint density at radius 2 is 1.89 bits per heavy atom. The van der Waals surface area contributed by atoms with Crippen molar-refractivity contribution in [3.8, 4) is 11.5 Å². The Hall–Kier alpha value is -4.42. The van der Waals surface area contributed by atoms with Crippen LogP contribution in [0.4, 0.5) is 5.69 Å². The third-order valence-corrected chi connectivity index (χ3v) is 9.68. The predicted molar refractivity (Wildman–Crippen MR) is 164 cm³/mol. The molecule has 12 nitrogen and oxygen atoms in total. The second-order valence-corrected chi connectivity index (χ2v) is 11.8. The van der Waals surface area contributed by atoms with Gasteiger partial charge in [0.05, 0.1) is 38.2 Å². The second kappa shape index (κ2) is 12.5. The van der Waals surface area contributed by atoms with Gasteiger partial charge in [-0.15, -0.1) is 0 Å². The summed E-state index contributed by atoms with van der Waals surface area (Å²) in [6.07, 6.45) is 3.62. The number of aromatic amines is 1. The minimum atomic E-state index is -0.683. The van der Waals surface area contributed by atoms with E-state index in [0.717, 1.165) is 37.2 Å². The zero-order valence-electron chi connectivity index (χ0n) is 25.7. The highest BCUT2D eigenvalue weighted by Gasteiger charge is 2.54. The largest absolute Gasteiger partial charge is 0.497 e. The lowest BCUT2D eigenvalue weighted by molar-refractivity contribution is -0.385. The molecule has 1 aromatic heterocycles. The number of benzene rings is 2. The standard InChI is InChI=1S/C33H37N3O9/c1-41-20-7-8-21-22-11-12-35-17-19-14-28(45-29(37)10-6-18-5-9-25(36(39)40)27(13-18)42-2)32(43-3)30(33(38)44-4)23(19)16-26(35)31(22)34-24(21)15-20/h5-10,13,15,19,23,26,28,30,32,34H,11-12,14,16-17H2,1-4H3/b10-6+/t19-,23+,26-,28-,30+,32+/m1/s1. The molecule has 0 radical (unpaired) electrons. The lowest BCUT2D eigenvalue weighted by Crippen LogP contribution is -2.58. The fourth-order valence-electron chi connectivity index (χ4n) is 7.66. The molecule has 2 fully saturated rings. The van der Waals surface area contributed by atoms with Gasteiger partial charge in [0.1, 0.15) is 18.0 Å². The maximum absolute atomic E-state index is 13.3. The molecule has 0 bridgehead atoms. The second-order valence-electron chi connectivity index (χ2n) is 11.8. The summed E-state index contributed by atoms with van der Waals surface area (Å²) in [4.78, 5) is 43.2. The fraction of sp³-hybridized carbons (Fsp3) is 0.455. The molecule has 1 saturated heterocycles. The van der Waals surface area contributed by atoms with Gasteiger partial charge in [-0.25, -0.2) is 4.79 Å². The minimum Gasteiger partial charge on any atom is -0.497 e. The van der Waals surface area contributed by atoms with E-state index in [9.17, 15) is 19.7 Å². The monoisotopic (exact) mass is 619 g/mol. The van der Waals surface area contributed by atoms with E-state index in [1.54, 1.807) is 7.11 Å². The van der Waals surface area contributed by atoms with E-state index in [-0.39, 0.29) is 35.3 Å². The van der Waals surface area contributed by atoms with Crippen LogP contribution in [0.3, 0.4) is 0 Å². The Kier molecular flexibility index (Phi) is 8.52. The lowest BCUT2D eigenvalue weighted by atomic mass is 9.63. The third kappa shape index (κ3) is 5.64. The summed E-state index contributed by atoms with van der Waals surface area (Å²) in [5.41, 5.74) is 3.90. The van der Waals surface area contributed by atoms with Gasteiger partial charge < -0.3 is 28.7 Å². The number of nitrogens with zero attached hydrogens (tertiary/aromatic N) is 2. The number of ether oxygens (including phenoxy) is 5. The van der Waals surface area contributed by atoms with Crippen molar-refractivity contribution in [2.24, 2.45) is 17.8 Å². The van der Waals surface area contributed by atoms with E-state index in [0.29, 0.717) is 12.0 Å². The summed E-state index contributed by atoms with van der Waals surface area (Å²) in [7, 11) is 5.91. The molecule has 6 rings (SSSR count). The molecule has 3 aliphatic rings. The van der Waals surface area contributed by atoms with Crippen LogP contribution >= 0.6 is 0 Å². The Bertz CT molecular complexity index is 1650. The third-order valence-electron chi connectivity index (χ3n) is 9.68. The summed E-state index contributed by atoms with van der Waals surface area (Å²) in [6.45, 7) is 1.65. The molecule has 3 heterocycles. The first-order valence-corrected chi connectivity index (χ1v) is 15.0. The summed E-state index contributed by atoms with van der Waals surface area (Å²) >= 11 is 0. The van der Waals surface area contributed by atoms with Crippen molar-refractivity contribution in [2.75, 3.05) is 41.5 Å². The fourth-order valence-corrected chi connectivity index (χ4v) is 7.66. The number of nitro benzene ring substituents is 1. The van der Waals surface area contributed by atoms with Gasteiger partial charge in [0.2, 0.25) is 0 Å². The molecular weight excluding hydrogens is 582 g/mol. The zero-order chi connectivity index (χ0) is 31.8. The van der Waals surface area contributed by atoms with Gasteiger partial charge in [0, 0.05) is 55.0 Å². The molecule has 12 heteroatoms. The minimum absolute atomic E-state index is 0.0337. The Labute approximate surface area is 260 Å². The number of carbonyl (C=O) groups is 2. The first-order chi connectivity index (χ1) is 21.8. The average molecular weight is 620 g/mol. The molecule has 0 amide bonds. The maximum atomic E-state index is 13.3. The SMILES string of the molecule is COC(=O)[C@H]1[C@H]2C[C@@H]3c4[nH]c5cc(OC)ccc5c4CCN3C[C@H]2C[C@@H](OC(=O)/C=C/c2ccc([N+](=O)[O-])c(OC)c2)[C@@H]1OC. The molecule has 1 saturated carbocycles. The van der Waals surface area contributed by atoms with E-state index >= 15 is 0 Å². The van der Waals surface area contributed by atoms with Crippen molar-refractivity contribution in [3.63, 3.8) is 0 Å². The van der Waals surface area contributed by atoms with Crippen molar-refractivity contribution >= 4 is 34.6 Å². The van der Waals surface area contributed by atoms with Crippen molar-refractivity contribution < 1.29 is 38.2 Å². The van der Waals surface area contributed by atoms with E-state index < -0.39 is 29.0 Å². The number of rotatable bonds is 8. The highest BCUT2D eigenvalue weighted by Crippen LogP contribution is 2.50. The Morgan fingerprint density at radius 3 is 2.60 bits per heavy atom. The van der Waals surface area contributed by atoms with Gasteiger partial charge in [-0.3, -0.25) is 19.8 Å². The molecular formula is C33H37N3O9. The lowest BCUT2D eigenvalue weighted by Gasteiger charge is -2.52. The van der Waals surface area contributed by atoms with E-state index in [1.807, 2.05) is 12.1 Å². The van der Waals surface area contributed by atoms with Crippen LogP contribution in [0.15, 0.2) is 42.5 Å². The number of hydrogen-bond acceptors (Lipinski definition) is 10. The predicted octanol–water partition coefficient (Wildman–Crippen LogP) is 4.46. The van der Waals surface area contributed by atoms with Gasteiger partial charge in [-0.2, -0.15) is 0 Å². The van der Waals surface area contributed by atoms with Gasteiger partial charge >= 0.3 is 17.6 Å². The van der Waals surface area contributed by atoms with Crippen LogP contribution in [0.5, 0.6) is 11.5 Å². The number of esters is 2. The van der Waals surface area contributed by atoms with Crippen molar-refractivity contribution in [1.82, 2.24) is 9.88 Å². The summed E-state index contributed by atoms with van der Waals surface area (Å²) in [5.74, 6) is -0.663. The number of nitro groups is 1. The molecule has 1 N–H and O–H groups in total. The molecule has 45 heavy (non-hydrogen) atoms. The van der Waals surface area contributed by atoms with Gasteiger partial charge in [-0.1, -0.05) is 0 Å². The Morgan fingerprint density at radius 1 is 1.07 bits per heavy atom. The zero-order valence-corrected chi connectivity index (χ0v) is 25.7. The molecule has 2 aromatic carbocycles. The first-order valence-electron chi connectivity index (χ1n) is 15.0. The number of fused-ring (bicyclic) bond motifs is 6. The van der Waals surface area contributed by atoms with Crippen molar-refractivity contribution in [2.45, 2.75) is 37.5 Å². The van der Waals surface area contributed by atoms with Crippen LogP contribution in [0.2, 0.25) is 0 Å². The molecule has 3 aromatic rings. The number of piperidine rings is 1. The molecule has 0 unspecified atom stereocenters. The summed E-state index contributed by atoms with van der Waals surface area (Å²) < 4.78 is 27.7. The number of hydrogen-bond donors (Lipinski definition) is 1. The number of H-pyrrole nitrogens is 1. The van der Waals surface area contributed by atoms with Crippen LogP contribution in [-0.2, 0) is 30.2 Å². The molecule has 0 spiro atoms. The van der Waals surface area contributed by atoms with Gasteiger partial charge in [0.25, 0.3) is 0 Å².